The van der Waals surface area contributed by atoms with Crippen molar-refractivity contribution in [3.8, 4) is 5.69 Å². The first-order valence-electron chi connectivity index (χ1n) is 6.53. The lowest BCUT2D eigenvalue weighted by Crippen LogP contribution is -2.09. The summed E-state index contributed by atoms with van der Waals surface area (Å²) in [5, 5.41) is 26.4. The lowest BCUT2D eigenvalue weighted by molar-refractivity contribution is 0.0696. The van der Waals surface area contributed by atoms with Gasteiger partial charge in [0.25, 0.3) is 0 Å². The van der Waals surface area contributed by atoms with Crippen molar-refractivity contribution >= 4 is 11.9 Å². The summed E-state index contributed by atoms with van der Waals surface area (Å²) < 4.78 is 1.71. The van der Waals surface area contributed by atoms with Gasteiger partial charge in [0.1, 0.15) is 11.6 Å². The highest BCUT2D eigenvalue weighted by Gasteiger charge is 2.16. The molecule has 0 aliphatic rings. The van der Waals surface area contributed by atoms with Crippen molar-refractivity contribution in [2.24, 2.45) is 0 Å². The van der Waals surface area contributed by atoms with Gasteiger partial charge >= 0.3 is 11.9 Å². The molecule has 1 heterocycles. The summed E-state index contributed by atoms with van der Waals surface area (Å²) in [6.07, 6.45) is 1.21. The topological polar surface area (TPSA) is 105 Å². The van der Waals surface area contributed by atoms with Crippen LogP contribution in [0.1, 0.15) is 46.2 Å². The molecular formula is C14H15N3O4. The molecule has 1 aromatic heterocycles. The van der Waals surface area contributed by atoms with Crippen LogP contribution in [0, 0.1) is 0 Å². The maximum absolute atomic E-state index is 11.2. The third kappa shape index (κ3) is 2.76. The molecule has 7 nitrogen and oxygen atoms in total. The average molecular weight is 289 g/mol. The Morgan fingerprint density at radius 2 is 1.38 bits per heavy atom. The number of carbonyl (C=O) groups is 2. The summed E-state index contributed by atoms with van der Waals surface area (Å²) in [4.78, 5) is 22.3. The average Bonchev–Trinajstić information content (AvgIpc) is 2.89. The van der Waals surface area contributed by atoms with Gasteiger partial charge in [0, 0.05) is 12.8 Å². The molecular weight excluding hydrogens is 274 g/mol. The van der Waals surface area contributed by atoms with Crippen molar-refractivity contribution in [3.63, 3.8) is 0 Å². The normalized spacial score (nSPS) is 10.6. The van der Waals surface area contributed by atoms with Gasteiger partial charge in [-0.05, 0) is 18.2 Å². The monoisotopic (exact) mass is 289 g/mol. The molecule has 0 fully saturated rings. The summed E-state index contributed by atoms with van der Waals surface area (Å²) in [6.45, 7) is 3.80. The number of rotatable bonds is 5. The van der Waals surface area contributed by atoms with E-state index in [2.05, 4.69) is 10.2 Å². The van der Waals surface area contributed by atoms with Gasteiger partial charge < -0.3 is 10.2 Å². The summed E-state index contributed by atoms with van der Waals surface area (Å²) >= 11 is 0. The highest BCUT2D eigenvalue weighted by atomic mass is 16.4. The number of carboxylic acids is 2. The minimum Gasteiger partial charge on any atom is -0.478 e. The van der Waals surface area contributed by atoms with Gasteiger partial charge in [-0.2, -0.15) is 0 Å². The lowest BCUT2D eigenvalue weighted by Gasteiger charge is -2.11. The predicted octanol–water partition coefficient (Wildman–Crippen LogP) is 1.79. The van der Waals surface area contributed by atoms with Gasteiger partial charge in [-0.25, -0.2) is 9.59 Å². The number of aryl methyl sites for hydroxylation is 2. The van der Waals surface area contributed by atoms with Crippen LogP contribution >= 0.6 is 0 Å². The van der Waals surface area contributed by atoms with E-state index >= 15 is 0 Å². The molecule has 21 heavy (non-hydrogen) atoms. The second kappa shape index (κ2) is 5.74. The van der Waals surface area contributed by atoms with Gasteiger partial charge in [0.2, 0.25) is 0 Å². The van der Waals surface area contributed by atoms with Crippen molar-refractivity contribution in [2.75, 3.05) is 0 Å². The number of aromatic nitrogens is 3. The van der Waals surface area contributed by atoms with Crippen LogP contribution in [0.5, 0.6) is 0 Å². The fourth-order valence-corrected chi connectivity index (χ4v) is 2.10. The Morgan fingerprint density at radius 3 is 1.71 bits per heavy atom. The fourth-order valence-electron chi connectivity index (χ4n) is 2.10. The largest absolute Gasteiger partial charge is 0.478 e. The first-order chi connectivity index (χ1) is 9.97. The van der Waals surface area contributed by atoms with Crippen molar-refractivity contribution in [1.82, 2.24) is 14.8 Å². The first-order valence-corrected chi connectivity index (χ1v) is 6.53. The molecule has 0 aliphatic carbocycles. The van der Waals surface area contributed by atoms with Crippen molar-refractivity contribution in [3.05, 3.63) is 41.0 Å². The molecule has 0 unspecified atom stereocenters. The van der Waals surface area contributed by atoms with Crippen molar-refractivity contribution in [2.45, 2.75) is 26.7 Å². The van der Waals surface area contributed by atoms with E-state index in [4.69, 9.17) is 10.2 Å². The molecule has 0 saturated carbocycles. The second-order valence-corrected chi connectivity index (χ2v) is 4.45. The van der Waals surface area contributed by atoms with E-state index in [1.807, 2.05) is 13.8 Å². The number of hydrogen-bond acceptors (Lipinski definition) is 4. The van der Waals surface area contributed by atoms with E-state index in [9.17, 15) is 9.59 Å². The van der Waals surface area contributed by atoms with Crippen LogP contribution in [0.15, 0.2) is 18.2 Å². The highest BCUT2D eigenvalue weighted by molar-refractivity contribution is 5.94. The van der Waals surface area contributed by atoms with Gasteiger partial charge in [0.15, 0.2) is 0 Å². The number of benzene rings is 1. The minimum atomic E-state index is -1.18. The fraction of sp³-hybridized carbons (Fsp3) is 0.286. The molecule has 7 heteroatoms. The maximum Gasteiger partial charge on any atom is 0.335 e. The molecule has 110 valence electrons. The van der Waals surface area contributed by atoms with Crippen LogP contribution in [0.3, 0.4) is 0 Å². The van der Waals surface area contributed by atoms with Crippen LogP contribution in [0.2, 0.25) is 0 Å². The Balaban J connectivity index is 2.71. The number of carboxylic acid groups (broad SMARTS) is 2. The van der Waals surface area contributed by atoms with Crippen molar-refractivity contribution < 1.29 is 19.8 Å². The Bertz CT molecular complexity index is 652. The highest BCUT2D eigenvalue weighted by Crippen LogP contribution is 2.19. The standard InChI is InChI=1S/C14H15N3O4/c1-3-11-15-16-12(4-2)17(11)10-6-8(13(18)19)5-9(7-10)14(20)21/h5-7H,3-4H2,1-2H3,(H,18,19)(H,20,21). The quantitative estimate of drug-likeness (QED) is 0.869. The Morgan fingerprint density at radius 1 is 0.952 bits per heavy atom. The van der Waals surface area contributed by atoms with E-state index in [1.165, 1.54) is 12.1 Å². The van der Waals surface area contributed by atoms with Crippen LogP contribution in [-0.4, -0.2) is 36.9 Å². The lowest BCUT2D eigenvalue weighted by atomic mass is 10.1. The zero-order chi connectivity index (χ0) is 15.6. The molecule has 0 aliphatic heterocycles. The molecule has 2 N–H and O–H groups in total. The van der Waals surface area contributed by atoms with E-state index in [0.717, 1.165) is 6.07 Å². The molecule has 0 atom stereocenters. The molecule has 0 bridgehead atoms. The Kier molecular flexibility index (Phi) is 4.02. The van der Waals surface area contributed by atoms with E-state index in [0.29, 0.717) is 30.2 Å². The summed E-state index contributed by atoms with van der Waals surface area (Å²) in [5.74, 6) is -1.04. The molecule has 2 rings (SSSR count). The first kappa shape index (κ1) is 14.7. The van der Waals surface area contributed by atoms with Crippen molar-refractivity contribution in [1.29, 1.82) is 0 Å². The van der Waals surface area contributed by atoms with E-state index in [-0.39, 0.29) is 11.1 Å². The van der Waals surface area contributed by atoms with Crippen LogP contribution in [0.4, 0.5) is 0 Å². The third-order valence-corrected chi connectivity index (χ3v) is 3.10. The Labute approximate surface area is 120 Å². The van der Waals surface area contributed by atoms with Crippen LogP contribution in [0.25, 0.3) is 5.69 Å². The Hall–Kier alpha value is -2.70. The third-order valence-electron chi connectivity index (χ3n) is 3.10. The van der Waals surface area contributed by atoms with E-state index < -0.39 is 11.9 Å². The molecule has 0 spiro atoms. The number of aromatic carboxylic acids is 2. The van der Waals surface area contributed by atoms with Crippen LogP contribution in [-0.2, 0) is 12.8 Å². The number of hydrogen-bond donors (Lipinski definition) is 2. The molecule has 1 aromatic carbocycles. The summed E-state index contributed by atoms with van der Waals surface area (Å²) in [7, 11) is 0. The molecule has 0 amide bonds. The van der Waals surface area contributed by atoms with E-state index in [1.54, 1.807) is 4.57 Å². The molecule has 0 saturated heterocycles. The van der Waals surface area contributed by atoms with Gasteiger partial charge in [-0.1, -0.05) is 13.8 Å². The second-order valence-electron chi connectivity index (χ2n) is 4.45. The SMILES string of the molecule is CCc1nnc(CC)n1-c1cc(C(=O)O)cc(C(=O)O)c1. The number of nitrogens with zero attached hydrogens (tertiary/aromatic N) is 3. The molecule has 2 aromatic rings. The molecule has 0 radical (unpaired) electrons. The van der Waals surface area contributed by atoms with Crippen LogP contribution < -0.4 is 0 Å². The van der Waals surface area contributed by atoms with Gasteiger partial charge in [-0.3, -0.25) is 4.57 Å². The zero-order valence-electron chi connectivity index (χ0n) is 11.7. The van der Waals surface area contributed by atoms with Gasteiger partial charge in [-0.15, -0.1) is 10.2 Å². The minimum absolute atomic E-state index is 0.0808. The smallest absolute Gasteiger partial charge is 0.335 e. The maximum atomic E-state index is 11.2. The zero-order valence-corrected chi connectivity index (χ0v) is 11.7. The summed E-state index contributed by atoms with van der Waals surface area (Å²) in [5.41, 5.74) is 0.288. The summed E-state index contributed by atoms with van der Waals surface area (Å²) in [6, 6.07) is 3.99. The predicted molar refractivity (Wildman–Crippen MR) is 74.0 cm³/mol. The van der Waals surface area contributed by atoms with Gasteiger partial charge in [0.05, 0.1) is 16.8 Å².